The highest BCUT2D eigenvalue weighted by atomic mass is 32.2. The fraction of sp³-hybridized carbons (Fsp3) is 0.222. The number of thiazole rings is 1. The summed E-state index contributed by atoms with van der Waals surface area (Å²) in [6.07, 6.45) is 0. The number of anilines is 2. The molecular formula is C27H24N6O2S2. The number of pyridine rings is 1. The maximum absolute atomic E-state index is 13.0. The molecule has 186 valence electrons. The van der Waals surface area contributed by atoms with Crippen molar-refractivity contribution in [1.29, 1.82) is 10.5 Å². The number of fused-ring (bicyclic) bond motifs is 1. The molecule has 10 heteroatoms. The van der Waals surface area contributed by atoms with Crippen molar-refractivity contribution >= 4 is 50.2 Å². The fourth-order valence-corrected chi connectivity index (χ4v) is 5.53. The summed E-state index contributed by atoms with van der Waals surface area (Å²) in [6, 6.07) is 17.5. The van der Waals surface area contributed by atoms with E-state index in [9.17, 15) is 15.3 Å². The Morgan fingerprint density at radius 2 is 1.78 bits per heavy atom. The molecule has 4 rings (SSSR count). The van der Waals surface area contributed by atoms with Crippen LogP contribution in [-0.2, 0) is 4.79 Å². The van der Waals surface area contributed by atoms with Crippen LogP contribution >= 0.6 is 23.1 Å². The summed E-state index contributed by atoms with van der Waals surface area (Å²) in [7, 11) is 1.59. The van der Waals surface area contributed by atoms with E-state index in [-0.39, 0.29) is 22.9 Å². The third-order valence-corrected chi connectivity index (χ3v) is 7.78. The molecule has 0 saturated carbocycles. The van der Waals surface area contributed by atoms with Crippen molar-refractivity contribution in [3.05, 3.63) is 59.2 Å². The summed E-state index contributed by atoms with van der Waals surface area (Å²) < 4.78 is 6.13. The highest BCUT2D eigenvalue weighted by Gasteiger charge is 2.24. The Balaban J connectivity index is 1.63. The number of methoxy groups -OCH3 is 1. The molecule has 0 saturated heterocycles. The molecule has 4 aromatic rings. The maximum Gasteiger partial charge on any atom is 0.239 e. The molecule has 0 fully saturated rings. The van der Waals surface area contributed by atoms with Crippen molar-refractivity contribution in [2.75, 3.05) is 18.2 Å². The van der Waals surface area contributed by atoms with Gasteiger partial charge in [0.25, 0.3) is 0 Å². The predicted molar refractivity (Wildman–Crippen MR) is 148 cm³/mol. The van der Waals surface area contributed by atoms with Crippen LogP contribution in [0.25, 0.3) is 21.3 Å². The number of nitrogens with zero attached hydrogens (tertiary/aromatic N) is 4. The molecule has 0 aliphatic rings. The van der Waals surface area contributed by atoms with Crippen LogP contribution < -0.4 is 15.8 Å². The lowest BCUT2D eigenvalue weighted by atomic mass is 9.94. The highest BCUT2D eigenvalue weighted by molar-refractivity contribution is 8.00. The predicted octanol–water partition coefficient (Wildman–Crippen LogP) is 5.94. The van der Waals surface area contributed by atoms with Gasteiger partial charge in [-0.25, -0.2) is 9.97 Å². The number of rotatable bonds is 7. The first kappa shape index (κ1) is 26.0. The summed E-state index contributed by atoms with van der Waals surface area (Å²) in [5, 5.41) is 22.8. The van der Waals surface area contributed by atoms with Gasteiger partial charge in [0.15, 0.2) is 5.13 Å². The van der Waals surface area contributed by atoms with Gasteiger partial charge in [-0.3, -0.25) is 4.79 Å². The SMILES string of the molecule is COc1ccc2nc(NC(=O)C(C)Sc3nc(N)c(C#N)c(-c4ccc(C(C)C)cc4)c3C#N)sc2c1. The molecule has 3 N–H and O–H groups in total. The van der Waals surface area contributed by atoms with Gasteiger partial charge in [-0.1, -0.05) is 61.2 Å². The van der Waals surface area contributed by atoms with Crippen LogP contribution in [-0.4, -0.2) is 28.2 Å². The summed E-state index contributed by atoms with van der Waals surface area (Å²) in [6.45, 7) is 5.89. The molecule has 1 atom stereocenters. The topological polar surface area (TPSA) is 138 Å². The Hall–Kier alpha value is -4.12. The van der Waals surface area contributed by atoms with Gasteiger partial charge >= 0.3 is 0 Å². The second kappa shape index (κ2) is 10.9. The van der Waals surface area contributed by atoms with Crippen LogP contribution in [0.4, 0.5) is 10.9 Å². The lowest BCUT2D eigenvalue weighted by molar-refractivity contribution is -0.115. The number of ether oxygens (including phenoxy) is 1. The van der Waals surface area contributed by atoms with Gasteiger partial charge < -0.3 is 15.8 Å². The van der Waals surface area contributed by atoms with E-state index in [4.69, 9.17) is 10.5 Å². The van der Waals surface area contributed by atoms with Crippen LogP contribution in [0.1, 0.15) is 43.4 Å². The van der Waals surface area contributed by atoms with Gasteiger partial charge in [-0.05, 0) is 42.2 Å². The Labute approximate surface area is 223 Å². The Morgan fingerprint density at radius 1 is 1.08 bits per heavy atom. The third-order valence-electron chi connectivity index (χ3n) is 5.77. The standard InChI is InChI=1S/C27H24N6O2S2/c1-14(2)16-5-7-17(8-6-16)23-19(12-28)24(30)32-26(20(23)13-29)36-15(3)25(34)33-27-31-21-10-9-18(35-4)11-22(21)37-27/h5-11,14-15H,1-4H3,(H2,30,32)(H,31,33,34). The van der Waals surface area contributed by atoms with Gasteiger partial charge in [0, 0.05) is 5.56 Å². The van der Waals surface area contributed by atoms with E-state index in [0.717, 1.165) is 27.5 Å². The average Bonchev–Trinajstić information content (AvgIpc) is 3.29. The second-order valence-electron chi connectivity index (χ2n) is 8.53. The molecule has 0 aliphatic heterocycles. The number of carbonyl (C=O) groups is 1. The number of nitrogens with two attached hydrogens (primary N) is 1. The lowest BCUT2D eigenvalue weighted by Gasteiger charge is -2.16. The number of amides is 1. The van der Waals surface area contributed by atoms with Gasteiger partial charge in [0.05, 0.1) is 28.1 Å². The van der Waals surface area contributed by atoms with Crippen molar-refractivity contribution in [2.45, 2.75) is 37.0 Å². The number of benzene rings is 2. The van der Waals surface area contributed by atoms with E-state index in [1.54, 1.807) is 14.0 Å². The normalized spacial score (nSPS) is 11.6. The number of thioether (sulfide) groups is 1. The smallest absolute Gasteiger partial charge is 0.239 e. The minimum absolute atomic E-state index is 0.0136. The van der Waals surface area contributed by atoms with E-state index in [1.807, 2.05) is 42.5 Å². The summed E-state index contributed by atoms with van der Waals surface area (Å²) in [5.74, 6) is 0.763. The van der Waals surface area contributed by atoms with Crippen molar-refractivity contribution < 1.29 is 9.53 Å². The van der Waals surface area contributed by atoms with Crippen molar-refractivity contribution in [1.82, 2.24) is 9.97 Å². The maximum atomic E-state index is 13.0. The Morgan fingerprint density at radius 3 is 2.41 bits per heavy atom. The minimum atomic E-state index is -0.621. The van der Waals surface area contributed by atoms with Gasteiger partial charge in [-0.2, -0.15) is 10.5 Å². The van der Waals surface area contributed by atoms with E-state index in [1.165, 1.54) is 11.3 Å². The first-order chi connectivity index (χ1) is 17.7. The third kappa shape index (κ3) is 5.36. The molecule has 1 amide bonds. The highest BCUT2D eigenvalue weighted by Crippen LogP contribution is 2.38. The molecule has 0 aliphatic carbocycles. The molecule has 2 aromatic heterocycles. The lowest BCUT2D eigenvalue weighted by Crippen LogP contribution is -2.22. The molecule has 8 nitrogen and oxygen atoms in total. The zero-order valence-corrected chi connectivity index (χ0v) is 22.3. The number of nitrogens with one attached hydrogen (secondary N) is 1. The summed E-state index contributed by atoms with van der Waals surface area (Å²) >= 11 is 2.45. The van der Waals surface area contributed by atoms with Gasteiger partial charge in [0.1, 0.15) is 34.3 Å². The Bertz CT molecular complexity index is 1570. The molecular weight excluding hydrogens is 504 g/mol. The van der Waals surface area contributed by atoms with Crippen LogP contribution in [0, 0.1) is 22.7 Å². The quantitative estimate of drug-likeness (QED) is 0.281. The minimum Gasteiger partial charge on any atom is -0.497 e. The molecule has 1 unspecified atom stereocenters. The number of nitrogen functional groups attached to an aromatic ring is 1. The number of carbonyl (C=O) groups excluding carboxylic acids is 1. The molecule has 0 bridgehead atoms. The summed E-state index contributed by atoms with van der Waals surface area (Å²) in [5.41, 5.74) is 9.48. The van der Waals surface area contributed by atoms with E-state index < -0.39 is 5.25 Å². The molecule has 37 heavy (non-hydrogen) atoms. The number of aromatic nitrogens is 2. The van der Waals surface area contributed by atoms with E-state index in [0.29, 0.717) is 33.0 Å². The first-order valence-corrected chi connectivity index (χ1v) is 13.1. The van der Waals surface area contributed by atoms with Crippen LogP contribution in [0.15, 0.2) is 47.5 Å². The molecule has 2 aromatic carbocycles. The molecule has 0 spiro atoms. The number of hydrogen-bond donors (Lipinski definition) is 2. The Kier molecular flexibility index (Phi) is 7.63. The zero-order valence-electron chi connectivity index (χ0n) is 20.7. The van der Waals surface area contributed by atoms with Gasteiger partial charge in [0.2, 0.25) is 5.91 Å². The number of nitriles is 2. The van der Waals surface area contributed by atoms with Crippen LogP contribution in [0.2, 0.25) is 0 Å². The number of hydrogen-bond acceptors (Lipinski definition) is 9. The van der Waals surface area contributed by atoms with Crippen molar-refractivity contribution in [2.24, 2.45) is 0 Å². The van der Waals surface area contributed by atoms with E-state index in [2.05, 4.69) is 41.3 Å². The molecule has 2 heterocycles. The summed E-state index contributed by atoms with van der Waals surface area (Å²) in [4.78, 5) is 21.8. The first-order valence-electron chi connectivity index (χ1n) is 11.4. The van der Waals surface area contributed by atoms with Crippen molar-refractivity contribution in [3.63, 3.8) is 0 Å². The fourth-order valence-electron chi connectivity index (χ4n) is 3.72. The van der Waals surface area contributed by atoms with Crippen LogP contribution in [0.5, 0.6) is 5.75 Å². The van der Waals surface area contributed by atoms with E-state index >= 15 is 0 Å². The largest absolute Gasteiger partial charge is 0.497 e. The second-order valence-corrected chi connectivity index (χ2v) is 10.9. The van der Waals surface area contributed by atoms with Gasteiger partial charge in [-0.15, -0.1) is 0 Å². The van der Waals surface area contributed by atoms with Crippen molar-refractivity contribution in [3.8, 4) is 29.0 Å². The monoisotopic (exact) mass is 528 g/mol. The molecule has 0 radical (unpaired) electrons. The zero-order chi connectivity index (χ0) is 26.7. The average molecular weight is 529 g/mol. The van der Waals surface area contributed by atoms with Crippen LogP contribution in [0.3, 0.4) is 0 Å².